The number of para-hydroxylation sites is 1. The van der Waals surface area contributed by atoms with E-state index in [1.807, 2.05) is 6.07 Å². The molecule has 0 saturated carbocycles. The zero-order chi connectivity index (χ0) is 20.5. The molecule has 0 radical (unpaired) electrons. The summed E-state index contributed by atoms with van der Waals surface area (Å²) >= 11 is 0. The number of rotatable bonds is 8. The Morgan fingerprint density at radius 1 is 1.07 bits per heavy atom. The van der Waals surface area contributed by atoms with E-state index in [0.29, 0.717) is 23.2 Å². The van der Waals surface area contributed by atoms with Crippen molar-refractivity contribution < 1.29 is 18.8 Å². The van der Waals surface area contributed by atoms with E-state index in [1.54, 1.807) is 48.5 Å². The van der Waals surface area contributed by atoms with Crippen molar-refractivity contribution in [3.05, 3.63) is 60.5 Å². The van der Waals surface area contributed by atoms with Gasteiger partial charge in [0.1, 0.15) is 5.75 Å². The Bertz CT molecular complexity index is 939. The van der Waals surface area contributed by atoms with Crippen LogP contribution in [0.4, 0.5) is 10.5 Å². The Morgan fingerprint density at radius 3 is 2.55 bits per heavy atom. The predicted octanol–water partition coefficient (Wildman–Crippen LogP) is 3.81. The molecule has 29 heavy (non-hydrogen) atoms. The summed E-state index contributed by atoms with van der Waals surface area (Å²) in [6, 6.07) is 15.2. The maximum Gasteiger partial charge on any atom is 0.325 e. The molecule has 0 unspecified atom stereocenters. The molecule has 2 aromatic carbocycles. The molecular weight excluding hydrogens is 372 g/mol. The van der Waals surface area contributed by atoms with Crippen LogP contribution in [0.2, 0.25) is 0 Å². The Morgan fingerprint density at radius 2 is 1.83 bits per heavy atom. The highest BCUT2D eigenvalue weighted by Crippen LogP contribution is 2.20. The van der Waals surface area contributed by atoms with E-state index < -0.39 is 11.9 Å². The van der Waals surface area contributed by atoms with Crippen LogP contribution in [0.3, 0.4) is 0 Å². The summed E-state index contributed by atoms with van der Waals surface area (Å²) < 4.78 is 10.6. The highest BCUT2D eigenvalue weighted by atomic mass is 16.5. The second kappa shape index (κ2) is 10.0. The molecule has 0 spiro atoms. The molecule has 0 aliphatic rings. The predicted molar refractivity (Wildman–Crippen MR) is 107 cm³/mol. The molecule has 0 fully saturated rings. The van der Waals surface area contributed by atoms with Gasteiger partial charge in [-0.15, -0.1) is 0 Å². The minimum atomic E-state index is -0.615. The molecular formula is C21H22N4O4. The van der Waals surface area contributed by atoms with E-state index in [0.717, 1.165) is 24.8 Å². The van der Waals surface area contributed by atoms with Crippen molar-refractivity contribution in [3.63, 3.8) is 0 Å². The second-order valence-corrected chi connectivity index (χ2v) is 6.30. The highest BCUT2D eigenvalue weighted by molar-refractivity contribution is 6.01. The molecule has 3 rings (SSSR count). The van der Waals surface area contributed by atoms with Crippen LogP contribution in [0.1, 0.15) is 25.7 Å². The Kier molecular flexibility index (Phi) is 6.94. The third-order valence-corrected chi connectivity index (χ3v) is 3.98. The lowest BCUT2D eigenvalue weighted by Crippen LogP contribution is -2.37. The number of hydrogen-bond donors (Lipinski definition) is 2. The molecule has 0 aliphatic heterocycles. The number of aryl methyl sites for hydroxylation is 1. The lowest BCUT2D eigenvalue weighted by Gasteiger charge is -2.08. The first-order valence-electron chi connectivity index (χ1n) is 9.35. The molecule has 2 N–H and O–H groups in total. The fourth-order valence-electron chi connectivity index (χ4n) is 2.50. The quantitative estimate of drug-likeness (QED) is 0.602. The van der Waals surface area contributed by atoms with Gasteiger partial charge in [-0.25, -0.2) is 4.79 Å². The molecule has 0 saturated heterocycles. The van der Waals surface area contributed by atoms with Crippen molar-refractivity contribution in [3.8, 4) is 17.1 Å². The third kappa shape index (κ3) is 6.17. The van der Waals surface area contributed by atoms with Crippen LogP contribution in [0.25, 0.3) is 11.4 Å². The van der Waals surface area contributed by atoms with Crippen LogP contribution >= 0.6 is 0 Å². The van der Waals surface area contributed by atoms with Gasteiger partial charge < -0.3 is 14.6 Å². The number of hydrogen-bond acceptors (Lipinski definition) is 6. The lowest BCUT2D eigenvalue weighted by molar-refractivity contribution is -0.121. The monoisotopic (exact) mass is 394 g/mol. The summed E-state index contributed by atoms with van der Waals surface area (Å²) in [7, 11) is 0. The average Bonchev–Trinajstić information content (AvgIpc) is 3.21. The van der Waals surface area contributed by atoms with E-state index >= 15 is 0 Å². The molecule has 8 nitrogen and oxygen atoms in total. The fourth-order valence-corrected chi connectivity index (χ4v) is 2.50. The van der Waals surface area contributed by atoms with Crippen LogP contribution < -0.4 is 15.4 Å². The standard InChI is InChI=1S/C21H22N4O4/c1-2-3-9-19-24-20(25-29-19)15-10-12-17(13-11-15)28-14-18(26)23-21(27)22-16-7-5-4-6-8-16/h4-8,10-13H,2-3,9,14H2,1H3,(H2,22,23,26,27). The first-order valence-corrected chi connectivity index (χ1v) is 9.35. The Balaban J connectivity index is 1.46. The first kappa shape index (κ1) is 20.1. The number of amides is 3. The Hall–Kier alpha value is -3.68. The SMILES string of the molecule is CCCCc1nc(-c2ccc(OCC(=O)NC(=O)Nc3ccccc3)cc2)no1. The van der Waals surface area contributed by atoms with Crippen molar-refractivity contribution in [2.24, 2.45) is 0 Å². The Labute approximate surface area is 168 Å². The molecule has 150 valence electrons. The number of nitrogens with one attached hydrogen (secondary N) is 2. The molecule has 3 aromatic rings. The number of ether oxygens (including phenoxy) is 1. The summed E-state index contributed by atoms with van der Waals surface area (Å²) in [4.78, 5) is 28.0. The van der Waals surface area contributed by atoms with Crippen molar-refractivity contribution in [2.45, 2.75) is 26.2 Å². The van der Waals surface area contributed by atoms with Gasteiger partial charge in [-0.05, 0) is 42.8 Å². The van der Waals surface area contributed by atoms with Crippen LogP contribution in [-0.4, -0.2) is 28.7 Å². The van der Waals surface area contributed by atoms with Crippen LogP contribution in [0.15, 0.2) is 59.1 Å². The topological polar surface area (TPSA) is 106 Å². The molecule has 0 atom stereocenters. The molecule has 8 heteroatoms. The van der Waals surface area contributed by atoms with E-state index in [-0.39, 0.29) is 6.61 Å². The smallest absolute Gasteiger partial charge is 0.325 e. The number of carbonyl (C=O) groups is 2. The number of imide groups is 1. The maximum atomic E-state index is 11.9. The van der Waals surface area contributed by atoms with Crippen LogP contribution in [-0.2, 0) is 11.2 Å². The highest BCUT2D eigenvalue weighted by Gasteiger charge is 2.10. The summed E-state index contributed by atoms with van der Waals surface area (Å²) in [5.41, 5.74) is 1.38. The molecule has 1 heterocycles. The number of nitrogens with zero attached hydrogens (tertiary/aromatic N) is 2. The van der Waals surface area contributed by atoms with Gasteiger partial charge in [0.25, 0.3) is 5.91 Å². The number of anilines is 1. The number of benzene rings is 2. The van der Waals surface area contributed by atoms with Gasteiger partial charge in [0.2, 0.25) is 11.7 Å². The van der Waals surface area contributed by atoms with Gasteiger partial charge in [0.05, 0.1) is 0 Å². The number of carbonyl (C=O) groups excluding carboxylic acids is 2. The zero-order valence-electron chi connectivity index (χ0n) is 16.1. The summed E-state index contributed by atoms with van der Waals surface area (Å²) in [5, 5.41) is 8.75. The molecule has 3 amide bonds. The van der Waals surface area contributed by atoms with E-state index in [4.69, 9.17) is 9.26 Å². The zero-order valence-corrected chi connectivity index (χ0v) is 16.1. The van der Waals surface area contributed by atoms with Crippen LogP contribution in [0, 0.1) is 0 Å². The molecule has 1 aromatic heterocycles. The minimum Gasteiger partial charge on any atom is -0.484 e. The van der Waals surface area contributed by atoms with Crippen molar-refractivity contribution in [2.75, 3.05) is 11.9 Å². The van der Waals surface area contributed by atoms with Gasteiger partial charge >= 0.3 is 6.03 Å². The first-order chi connectivity index (χ1) is 14.1. The van der Waals surface area contributed by atoms with Gasteiger partial charge in [-0.3, -0.25) is 10.1 Å². The van der Waals surface area contributed by atoms with Crippen molar-refractivity contribution in [1.82, 2.24) is 15.5 Å². The van der Waals surface area contributed by atoms with Crippen LogP contribution in [0.5, 0.6) is 5.75 Å². The second-order valence-electron chi connectivity index (χ2n) is 6.30. The fraction of sp³-hybridized carbons (Fsp3) is 0.238. The molecule has 0 bridgehead atoms. The van der Waals surface area contributed by atoms with Crippen molar-refractivity contribution >= 4 is 17.6 Å². The van der Waals surface area contributed by atoms with Gasteiger partial charge in [0.15, 0.2) is 6.61 Å². The van der Waals surface area contributed by atoms with Gasteiger partial charge in [-0.2, -0.15) is 4.98 Å². The third-order valence-electron chi connectivity index (χ3n) is 3.98. The molecule has 0 aliphatic carbocycles. The normalized spacial score (nSPS) is 10.4. The summed E-state index contributed by atoms with van der Waals surface area (Å²) in [6.45, 7) is 1.82. The largest absolute Gasteiger partial charge is 0.484 e. The summed E-state index contributed by atoms with van der Waals surface area (Å²) in [5.74, 6) is 1.06. The number of aromatic nitrogens is 2. The van der Waals surface area contributed by atoms with E-state index in [1.165, 1.54) is 0 Å². The maximum absolute atomic E-state index is 11.9. The van der Waals surface area contributed by atoms with Gasteiger partial charge in [-0.1, -0.05) is 36.7 Å². The minimum absolute atomic E-state index is 0.287. The van der Waals surface area contributed by atoms with E-state index in [9.17, 15) is 9.59 Å². The van der Waals surface area contributed by atoms with Gasteiger partial charge in [0, 0.05) is 17.7 Å². The van der Waals surface area contributed by atoms with E-state index in [2.05, 4.69) is 27.7 Å². The summed E-state index contributed by atoms with van der Waals surface area (Å²) in [6.07, 6.45) is 2.82. The lowest BCUT2D eigenvalue weighted by atomic mass is 10.2. The number of urea groups is 1. The average molecular weight is 394 g/mol. The van der Waals surface area contributed by atoms with Crippen molar-refractivity contribution in [1.29, 1.82) is 0 Å². The number of unbranched alkanes of at least 4 members (excludes halogenated alkanes) is 1.